The van der Waals surface area contributed by atoms with Gasteiger partial charge in [0, 0.05) is 18.6 Å². The summed E-state index contributed by atoms with van der Waals surface area (Å²) in [5.74, 6) is -3.11. The second-order valence-corrected chi connectivity index (χ2v) is 8.05. The number of carbonyl (C=O) groups excluding carboxylic acids is 2. The number of allylic oxidation sites excluding steroid dienone is 1. The lowest BCUT2D eigenvalue weighted by molar-refractivity contribution is -0.384. The highest BCUT2D eigenvalue weighted by molar-refractivity contribution is 7.87. The number of β-lactam (4-membered cyclic amide) rings is 1. The first-order chi connectivity index (χ1) is 14.3. The molecule has 2 rings (SSSR count). The fourth-order valence-corrected chi connectivity index (χ4v) is 3.26. The van der Waals surface area contributed by atoms with Crippen LogP contribution in [0, 0.1) is 10.1 Å². The molecule has 31 heavy (non-hydrogen) atoms. The van der Waals surface area contributed by atoms with Gasteiger partial charge in [0.25, 0.3) is 5.69 Å². The number of nitro benzene ring substituents is 1. The first-order valence-corrected chi connectivity index (χ1v) is 10.2. The molecule has 0 N–H and O–H groups in total. The number of hydrogen-bond donors (Lipinski definition) is 0. The Labute approximate surface area is 178 Å². The number of ether oxygens (including phenoxy) is 1. The van der Waals surface area contributed by atoms with E-state index in [1.165, 1.54) is 19.1 Å². The van der Waals surface area contributed by atoms with E-state index in [2.05, 4.69) is 4.18 Å². The standard InChI is InChI=1S/C16H14ClF3N2O8S/c1-2-11(30-31(27,28)16(18,19)20)14(21-12(17)7-13(21)23)15(24)29-8-9-3-5-10(6-4-9)22(25)26/h3-6,12H,2,7-8H2,1H3. The summed E-state index contributed by atoms with van der Waals surface area (Å²) in [5, 5.41) is 10.7. The van der Waals surface area contributed by atoms with Crippen molar-refractivity contribution in [2.45, 2.75) is 37.4 Å². The zero-order valence-electron chi connectivity index (χ0n) is 15.6. The molecule has 1 unspecified atom stereocenters. The molecule has 1 aliphatic heterocycles. The highest BCUT2D eigenvalue weighted by Crippen LogP contribution is 2.34. The Bertz CT molecular complexity index is 1020. The maximum atomic E-state index is 12.7. The van der Waals surface area contributed by atoms with Gasteiger partial charge in [-0.3, -0.25) is 19.8 Å². The van der Waals surface area contributed by atoms with Crippen LogP contribution in [0.5, 0.6) is 0 Å². The highest BCUT2D eigenvalue weighted by atomic mass is 35.5. The molecule has 15 heteroatoms. The molecule has 0 aliphatic carbocycles. The largest absolute Gasteiger partial charge is 0.534 e. The Morgan fingerprint density at radius 1 is 1.32 bits per heavy atom. The van der Waals surface area contributed by atoms with Gasteiger partial charge in [0.15, 0.2) is 11.5 Å². The predicted molar refractivity (Wildman–Crippen MR) is 97.4 cm³/mol. The number of likely N-dealkylation sites (tertiary alicyclic amines) is 1. The molecule has 0 spiro atoms. The minimum atomic E-state index is -6.13. The van der Waals surface area contributed by atoms with Gasteiger partial charge < -0.3 is 8.92 Å². The molecule has 1 aliphatic rings. The predicted octanol–water partition coefficient (Wildman–Crippen LogP) is 2.92. The highest BCUT2D eigenvalue weighted by Gasteiger charge is 2.50. The third kappa shape index (κ3) is 5.44. The molecule has 0 bridgehead atoms. The Hall–Kier alpha value is -2.87. The molecule has 1 aromatic rings. The Balaban J connectivity index is 2.34. The summed E-state index contributed by atoms with van der Waals surface area (Å²) in [5.41, 5.74) is -7.74. The number of hydrogen-bond acceptors (Lipinski definition) is 8. The molecule has 1 atom stereocenters. The van der Waals surface area contributed by atoms with Crippen LogP contribution in [0.1, 0.15) is 25.3 Å². The van der Waals surface area contributed by atoms with E-state index in [9.17, 15) is 41.3 Å². The smallest absolute Gasteiger partial charge is 0.456 e. The van der Waals surface area contributed by atoms with Gasteiger partial charge in [-0.1, -0.05) is 18.5 Å². The average molecular weight is 487 g/mol. The molecule has 1 saturated heterocycles. The number of nitrogens with zero attached hydrogens (tertiary/aromatic N) is 2. The minimum absolute atomic E-state index is 0.231. The van der Waals surface area contributed by atoms with Gasteiger partial charge in [0.1, 0.15) is 12.1 Å². The summed E-state index contributed by atoms with van der Waals surface area (Å²) in [6, 6.07) is 4.78. The summed E-state index contributed by atoms with van der Waals surface area (Å²) in [7, 11) is -6.13. The van der Waals surface area contributed by atoms with Gasteiger partial charge in [-0.15, -0.1) is 0 Å². The van der Waals surface area contributed by atoms with Gasteiger partial charge in [0.2, 0.25) is 5.91 Å². The second-order valence-electron chi connectivity index (χ2n) is 6.01. The summed E-state index contributed by atoms with van der Waals surface area (Å²) in [6.07, 6.45) is -0.769. The molecule has 1 heterocycles. The number of nitro groups is 1. The Kier molecular flexibility index (Phi) is 7.16. The molecular formula is C16H14ClF3N2O8S. The van der Waals surface area contributed by atoms with Crippen LogP contribution in [0.3, 0.4) is 0 Å². The van der Waals surface area contributed by atoms with E-state index in [1.807, 2.05) is 0 Å². The van der Waals surface area contributed by atoms with Crippen LogP contribution in [-0.2, 0) is 35.2 Å². The summed E-state index contributed by atoms with van der Waals surface area (Å²) in [4.78, 5) is 35.0. The molecule has 0 saturated carbocycles. The van der Waals surface area contributed by atoms with Crippen molar-refractivity contribution in [3.8, 4) is 0 Å². The molecule has 0 radical (unpaired) electrons. The number of esters is 1. The van der Waals surface area contributed by atoms with Gasteiger partial charge in [-0.2, -0.15) is 21.6 Å². The van der Waals surface area contributed by atoms with Gasteiger partial charge in [-0.25, -0.2) is 4.79 Å². The van der Waals surface area contributed by atoms with Crippen molar-refractivity contribution in [1.29, 1.82) is 0 Å². The van der Waals surface area contributed by atoms with Crippen molar-refractivity contribution in [3.05, 3.63) is 51.4 Å². The normalized spacial score (nSPS) is 17.5. The van der Waals surface area contributed by atoms with Crippen molar-refractivity contribution in [2.75, 3.05) is 0 Å². The molecule has 1 fully saturated rings. The quantitative estimate of drug-likeness (QED) is 0.0523. The van der Waals surface area contributed by atoms with Crippen LogP contribution in [0.25, 0.3) is 0 Å². The van der Waals surface area contributed by atoms with Crippen molar-refractivity contribution >= 4 is 39.3 Å². The molecule has 1 amide bonds. The van der Waals surface area contributed by atoms with E-state index in [1.54, 1.807) is 0 Å². The first-order valence-electron chi connectivity index (χ1n) is 8.39. The number of benzene rings is 1. The van der Waals surface area contributed by atoms with Crippen LogP contribution in [0.2, 0.25) is 0 Å². The monoisotopic (exact) mass is 486 g/mol. The van der Waals surface area contributed by atoms with E-state index in [-0.39, 0.29) is 17.7 Å². The lowest BCUT2D eigenvalue weighted by Gasteiger charge is -2.37. The summed E-state index contributed by atoms with van der Waals surface area (Å²) < 4.78 is 69.9. The van der Waals surface area contributed by atoms with E-state index in [0.29, 0.717) is 4.90 Å². The van der Waals surface area contributed by atoms with E-state index < -0.39 is 62.4 Å². The van der Waals surface area contributed by atoms with E-state index >= 15 is 0 Å². The lowest BCUT2D eigenvalue weighted by atomic mass is 10.1. The Morgan fingerprint density at radius 3 is 2.32 bits per heavy atom. The van der Waals surface area contributed by atoms with Gasteiger partial charge in [-0.05, 0) is 17.7 Å². The van der Waals surface area contributed by atoms with Crippen molar-refractivity contribution in [1.82, 2.24) is 4.90 Å². The Morgan fingerprint density at radius 2 is 1.90 bits per heavy atom. The zero-order valence-corrected chi connectivity index (χ0v) is 17.2. The SMILES string of the molecule is CCC(OS(=O)(=O)C(F)(F)F)=C(C(=O)OCc1ccc([N+](=O)[O-])cc1)N1C(=O)CC1Cl. The van der Waals surface area contributed by atoms with Crippen LogP contribution in [0.4, 0.5) is 18.9 Å². The van der Waals surface area contributed by atoms with Crippen molar-refractivity contribution in [3.63, 3.8) is 0 Å². The van der Waals surface area contributed by atoms with E-state index in [0.717, 1.165) is 12.1 Å². The maximum Gasteiger partial charge on any atom is 0.534 e. The van der Waals surface area contributed by atoms with Crippen LogP contribution in [-0.4, -0.2) is 41.1 Å². The zero-order chi connectivity index (χ0) is 23.6. The van der Waals surface area contributed by atoms with Gasteiger partial charge >= 0.3 is 21.6 Å². The fourth-order valence-electron chi connectivity index (χ4n) is 2.37. The number of carbonyl (C=O) groups is 2. The van der Waals surface area contributed by atoms with Gasteiger partial charge in [0.05, 0.1) is 11.3 Å². The average Bonchev–Trinajstić information content (AvgIpc) is 2.68. The number of non-ortho nitro benzene ring substituents is 1. The number of rotatable bonds is 8. The topological polar surface area (TPSA) is 133 Å². The minimum Gasteiger partial charge on any atom is -0.456 e. The van der Waals surface area contributed by atoms with Crippen LogP contribution in [0.15, 0.2) is 35.7 Å². The molecule has 10 nitrogen and oxygen atoms in total. The van der Waals surface area contributed by atoms with Crippen molar-refractivity contribution < 1.29 is 45.0 Å². The number of alkyl halides is 4. The fraction of sp³-hybridized carbons (Fsp3) is 0.375. The molecule has 1 aromatic carbocycles. The number of halogens is 4. The lowest BCUT2D eigenvalue weighted by Crippen LogP contribution is -2.51. The third-order valence-electron chi connectivity index (χ3n) is 3.92. The van der Waals surface area contributed by atoms with Crippen LogP contribution >= 0.6 is 11.6 Å². The first kappa shape index (κ1) is 24.4. The summed E-state index contributed by atoms with van der Waals surface area (Å²) in [6.45, 7) is 0.705. The van der Waals surface area contributed by atoms with E-state index in [4.69, 9.17) is 16.3 Å². The maximum absolute atomic E-state index is 12.7. The number of amides is 1. The van der Waals surface area contributed by atoms with Crippen molar-refractivity contribution in [2.24, 2.45) is 0 Å². The second kappa shape index (κ2) is 9.09. The molecule has 170 valence electrons. The summed E-state index contributed by atoms with van der Waals surface area (Å²) >= 11 is 5.85. The molecule has 0 aromatic heterocycles. The third-order valence-corrected chi connectivity index (χ3v) is 5.26. The molecular weight excluding hydrogens is 473 g/mol. The van der Waals surface area contributed by atoms with Crippen LogP contribution < -0.4 is 0 Å².